The van der Waals surface area contributed by atoms with Crippen molar-refractivity contribution in [3.8, 4) is 11.5 Å². The van der Waals surface area contributed by atoms with E-state index in [-0.39, 0.29) is 10.6 Å². The summed E-state index contributed by atoms with van der Waals surface area (Å²) < 4.78 is 52.2. The van der Waals surface area contributed by atoms with Crippen LogP contribution in [-0.4, -0.2) is 40.3 Å². The SMILES string of the molecule is O=C(CN(c1ccc(F)cc1)S(=O)(=O)c1ccc2c(c1)OCCO2)N/N=C\c1ccccc1. The van der Waals surface area contributed by atoms with Crippen LogP contribution in [0.3, 0.4) is 0 Å². The third-order valence-electron chi connectivity index (χ3n) is 4.71. The number of hydrogen-bond donors (Lipinski definition) is 1. The fourth-order valence-corrected chi connectivity index (χ4v) is 4.55. The summed E-state index contributed by atoms with van der Waals surface area (Å²) in [6, 6.07) is 18.1. The molecule has 0 bridgehead atoms. The maximum absolute atomic E-state index is 13.5. The molecule has 0 spiro atoms. The molecule has 0 saturated heterocycles. The number of hydrazone groups is 1. The molecule has 1 aliphatic rings. The topological polar surface area (TPSA) is 97.3 Å². The van der Waals surface area contributed by atoms with Gasteiger partial charge in [0.2, 0.25) is 0 Å². The van der Waals surface area contributed by atoms with Gasteiger partial charge in [-0.05, 0) is 42.0 Å². The summed E-state index contributed by atoms with van der Waals surface area (Å²) in [7, 11) is -4.21. The minimum absolute atomic E-state index is 0.100. The van der Waals surface area contributed by atoms with E-state index in [2.05, 4.69) is 10.5 Å². The number of sulfonamides is 1. The first kappa shape index (κ1) is 22.3. The number of nitrogens with one attached hydrogen (secondary N) is 1. The van der Waals surface area contributed by atoms with Crippen LogP contribution in [0.5, 0.6) is 11.5 Å². The van der Waals surface area contributed by atoms with Gasteiger partial charge in [-0.3, -0.25) is 9.10 Å². The van der Waals surface area contributed by atoms with Crippen molar-refractivity contribution in [2.75, 3.05) is 24.1 Å². The van der Waals surface area contributed by atoms with Crippen molar-refractivity contribution in [3.05, 3.63) is 84.2 Å². The number of ether oxygens (including phenoxy) is 2. The van der Waals surface area contributed by atoms with Crippen LogP contribution in [0, 0.1) is 5.82 Å². The van der Waals surface area contributed by atoms with Crippen LogP contribution in [0.2, 0.25) is 0 Å². The molecule has 3 aromatic carbocycles. The van der Waals surface area contributed by atoms with Crippen molar-refractivity contribution in [1.82, 2.24) is 5.43 Å². The number of carbonyl (C=O) groups is 1. The van der Waals surface area contributed by atoms with Gasteiger partial charge in [-0.2, -0.15) is 5.10 Å². The molecule has 1 amide bonds. The number of nitrogens with zero attached hydrogens (tertiary/aromatic N) is 2. The highest BCUT2D eigenvalue weighted by Gasteiger charge is 2.29. The van der Waals surface area contributed by atoms with E-state index < -0.39 is 28.3 Å². The van der Waals surface area contributed by atoms with Crippen LogP contribution in [0.15, 0.2) is 82.8 Å². The Morgan fingerprint density at radius 3 is 2.42 bits per heavy atom. The Kier molecular flexibility index (Phi) is 6.55. The van der Waals surface area contributed by atoms with E-state index in [0.717, 1.165) is 22.0 Å². The zero-order chi connectivity index (χ0) is 23.3. The van der Waals surface area contributed by atoms with Gasteiger partial charge in [-0.1, -0.05) is 30.3 Å². The quantitative estimate of drug-likeness (QED) is 0.424. The van der Waals surface area contributed by atoms with Crippen LogP contribution >= 0.6 is 0 Å². The molecule has 170 valence electrons. The molecule has 0 saturated carbocycles. The molecule has 0 radical (unpaired) electrons. The Bertz CT molecular complexity index is 1270. The van der Waals surface area contributed by atoms with Gasteiger partial charge in [-0.15, -0.1) is 0 Å². The van der Waals surface area contributed by atoms with Gasteiger partial charge in [0.1, 0.15) is 25.6 Å². The van der Waals surface area contributed by atoms with Gasteiger partial charge in [0.25, 0.3) is 15.9 Å². The summed E-state index contributed by atoms with van der Waals surface area (Å²) in [5.74, 6) is -0.486. The fraction of sp³-hybridized carbons (Fsp3) is 0.130. The molecule has 1 N–H and O–H groups in total. The van der Waals surface area contributed by atoms with E-state index in [4.69, 9.17) is 9.47 Å². The average Bonchev–Trinajstić information content (AvgIpc) is 2.83. The molecule has 8 nitrogen and oxygen atoms in total. The Balaban J connectivity index is 1.60. The van der Waals surface area contributed by atoms with Gasteiger partial charge in [-0.25, -0.2) is 18.2 Å². The van der Waals surface area contributed by atoms with Crippen LogP contribution in [-0.2, 0) is 14.8 Å². The number of rotatable bonds is 7. The highest BCUT2D eigenvalue weighted by molar-refractivity contribution is 7.92. The van der Waals surface area contributed by atoms with Gasteiger partial charge < -0.3 is 9.47 Å². The third-order valence-corrected chi connectivity index (χ3v) is 6.48. The monoisotopic (exact) mass is 469 g/mol. The summed E-state index contributed by atoms with van der Waals surface area (Å²) >= 11 is 0. The van der Waals surface area contributed by atoms with Crippen LogP contribution in [0.25, 0.3) is 0 Å². The van der Waals surface area contributed by atoms with Gasteiger partial charge in [0.05, 0.1) is 16.8 Å². The standard InChI is InChI=1S/C23H20FN3O5S/c24-18-6-8-19(9-7-18)27(16-23(28)26-25-15-17-4-2-1-3-5-17)33(29,30)20-10-11-21-22(14-20)32-13-12-31-21/h1-11,14-15H,12-13,16H2,(H,26,28)/b25-15-. The number of fused-ring (bicyclic) bond motifs is 1. The van der Waals surface area contributed by atoms with E-state index in [1.807, 2.05) is 18.2 Å². The van der Waals surface area contributed by atoms with E-state index in [9.17, 15) is 17.6 Å². The maximum atomic E-state index is 13.5. The lowest BCUT2D eigenvalue weighted by Gasteiger charge is -2.25. The first-order valence-electron chi connectivity index (χ1n) is 9.98. The first-order valence-corrected chi connectivity index (χ1v) is 11.4. The van der Waals surface area contributed by atoms with Crippen molar-refractivity contribution in [2.24, 2.45) is 5.10 Å². The fourth-order valence-electron chi connectivity index (χ4n) is 3.12. The number of amides is 1. The molecule has 0 aliphatic carbocycles. The van der Waals surface area contributed by atoms with Crippen LogP contribution < -0.4 is 19.2 Å². The number of hydrogen-bond acceptors (Lipinski definition) is 6. The van der Waals surface area contributed by atoms with Gasteiger partial charge >= 0.3 is 0 Å². The lowest BCUT2D eigenvalue weighted by molar-refractivity contribution is -0.119. The highest BCUT2D eigenvalue weighted by Crippen LogP contribution is 2.34. The van der Waals surface area contributed by atoms with Crippen molar-refractivity contribution in [1.29, 1.82) is 0 Å². The van der Waals surface area contributed by atoms with Crippen molar-refractivity contribution in [3.63, 3.8) is 0 Å². The molecule has 10 heteroatoms. The smallest absolute Gasteiger partial charge is 0.264 e. The molecule has 0 unspecified atom stereocenters. The molecule has 0 atom stereocenters. The van der Waals surface area contributed by atoms with Crippen molar-refractivity contribution >= 4 is 27.8 Å². The molecule has 0 aromatic heterocycles. The van der Waals surface area contributed by atoms with E-state index in [1.54, 1.807) is 12.1 Å². The lowest BCUT2D eigenvalue weighted by atomic mass is 10.2. The molecule has 33 heavy (non-hydrogen) atoms. The van der Waals surface area contributed by atoms with Crippen molar-refractivity contribution in [2.45, 2.75) is 4.90 Å². The predicted molar refractivity (Wildman–Crippen MR) is 121 cm³/mol. The zero-order valence-electron chi connectivity index (χ0n) is 17.3. The zero-order valence-corrected chi connectivity index (χ0v) is 18.2. The van der Waals surface area contributed by atoms with Gasteiger partial charge in [0.15, 0.2) is 11.5 Å². The minimum atomic E-state index is -4.21. The number of benzene rings is 3. The summed E-state index contributed by atoms with van der Waals surface area (Å²) in [6.07, 6.45) is 1.44. The third kappa shape index (κ3) is 5.29. The molecule has 0 fully saturated rings. The Labute approximate surface area is 190 Å². The number of halogens is 1. The number of carbonyl (C=O) groups excluding carboxylic acids is 1. The Hall–Kier alpha value is -3.92. The molecule has 3 aromatic rings. The number of anilines is 1. The summed E-state index contributed by atoms with van der Waals surface area (Å²) in [5.41, 5.74) is 3.20. The van der Waals surface area contributed by atoms with Gasteiger partial charge in [0, 0.05) is 6.07 Å². The molecule has 4 rings (SSSR count). The second-order valence-electron chi connectivity index (χ2n) is 7.00. The van der Waals surface area contributed by atoms with E-state index in [0.29, 0.717) is 24.7 Å². The second kappa shape index (κ2) is 9.70. The summed E-state index contributed by atoms with van der Waals surface area (Å²) in [4.78, 5) is 12.4. The molecular weight excluding hydrogens is 449 g/mol. The molecule has 1 heterocycles. The van der Waals surface area contributed by atoms with E-state index in [1.165, 1.54) is 36.5 Å². The first-order chi connectivity index (χ1) is 15.9. The lowest BCUT2D eigenvalue weighted by Crippen LogP contribution is -2.39. The Morgan fingerprint density at radius 1 is 1.00 bits per heavy atom. The maximum Gasteiger partial charge on any atom is 0.264 e. The van der Waals surface area contributed by atoms with Crippen molar-refractivity contribution < 1.29 is 27.1 Å². The van der Waals surface area contributed by atoms with E-state index >= 15 is 0 Å². The Morgan fingerprint density at radius 2 is 1.70 bits per heavy atom. The largest absolute Gasteiger partial charge is 0.486 e. The van der Waals surface area contributed by atoms with Crippen LogP contribution in [0.4, 0.5) is 10.1 Å². The predicted octanol–water partition coefficient (Wildman–Crippen LogP) is 2.94. The second-order valence-corrected chi connectivity index (χ2v) is 8.86. The highest BCUT2D eigenvalue weighted by atomic mass is 32.2. The molecular formula is C23H20FN3O5S. The minimum Gasteiger partial charge on any atom is -0.486 e. The summed E-state index contributed by atoms with van der Waals surface area (Å²) in [5, 5.41) is 3.87. The molecule has 1 aliphatic heterocycles. The summed E-state index contributed by atoms with van der Waals surface area (Å²) in [6.45, 7) is 0.0824. The normalized spacial score (nSPS) is 13.0. The van der Waals surface area contributed by atoms with Crippen LogP contribution in [0.1, 0.15) is 5.56 Å². The average molecular weight is 469 g/mol.